The van der Waals surface area contributed by atoms with E-state index in [1.165, 1.54) is 87.6 Å². The first kappa shape index (κ1) is 34.1. The Hall–Kier alpha value is -5.20. The molecule has 0 fully saturated rings. The van der Waals surface area contributed by atoms with E-state index in [4.69, 9.17) is 0 Å². The molecule has 0 aliphatic carbocycles. The molecule has 0 heterocycles. The molecule has 0 bridgehead atoms. The third-order valence-corrected chi connectivity index (χ3v) is 9.08. The molecule has 240 valence electrons. The van der Waals surface area contributed by atoms with E-state index >= 15 is 0 Å². The molecule has 0 heteroatoms. The molecule has 8 aromatic rings. The molecule has 8 rings (SSSR count). The minimum absolute atomic E-state index is 1.33. The summed E-state index contributed by atoms with van der Waals surface area (Å²) in [6.45, 7) is 17.2. The predicted molar refractivity (Wildman–Crippen MR) is 214 cm³/mol. The van der Waals surface area contributed by atoms with Crippen molar-refractivity contribution >= 4 is 43.1 Å². The molecule has 0 radical (unpaired) electrons. The van der Waals surface area contributed by atoms with E-state index < -0.39 is 0 Å². The van der Waals surface area contributed by atoms with Gasteiger partial charge in [0.25, 0.3) is 0 Å². The maximum Gasteiger partial charge on any atom is -0.0152 e. The van der Waals surface area contributed by atoms with Gasteiger partial charge in [-0.25, -0.2) is 0 Å². The van der Waals surface area contributed by atoms with E-state index in [1.54, 1.807) is 0 Å². The fraction of sp³-hybridized carbons (Fsp3) is 0.167. The molecule has 0 aromatic heterocycles. The van der Waals surface area contributed by atoms with Crippen LogP contribution in [0.25, 0.3) is 43.1 Å². The van der Waals surface area contributed by atoms with Crippen LogP contribution in [0.4, 0.5) is 0 Å². The van der Waals surface area contributed by atoms with Crippen LogP contribution < -0.4 is 0 Å². The first-order valence-electron chi connectivity index (χ1n) is 16.9. The van der Waals surface area contributed by atoms with E-state index in [-0.39, 0.29) is 0 Å². The van der Waals surface area contributed by atoms with E-state index in [9.17, 15) is 0 Å². The molecule has 0 nitrogen and oxygen atoms in total. The Morgan fingerprint density at radius 2 is 0.604 bits per heavy atom. The second-order valence-electron chi connectivity index (χ2n) is 13.1. The minimum Gasteiger partial charge on any atom is -0.0616 e. The van der Waals surface area contributed by atoms with Crippen LogP contribution in [0.15, 0.2) is 146 Å². The van der Waals surface area contributed by atoms with Gasteiger partial charge in [0.2, 0.25) is 0 Å². The summed E-state index contributed by atoms with van der Waals surface area (Å²) in [7, 11) is 0. The normalized spacial score (nSPS) is 10.5. The molecular weight excluding hydrogens is 577 g/mol. The highest BCUT2D eigenvalue weighted by atomic mass is 14.0. The van der Waals surface area contributed by atoms with Crippen LogP contribution in [0.1, 0.15) is 44.5 Å². The highest BCUT2D eigenvalue weighted by molar-refractivity contribution is 5.89. The predicted octanol–water partition coefficient (Wildman–Crippen LogP) is 13.8. The topological polar surface area (TPSA) is 0 Å². The third kappa shape index (κ3) is 8.38. The molecule has 0 unspecified atom stereocenters. The summed E-state index contributed by atoms with van der Waals surface area (Å²) >= 11 is 0. The van der Waals surface area contributed by atoms with Crippen LogP contribution in [0, 0.1) is 55.4 Å². The van der Waals surface area contributed by atoms with Crippen molar-refractivity contribution in [3.63, 3.8) is 0 Å². The molecule has 0 amide bonds. The van der Waals surface area contributed by atoms with Crippen molar-refractivity contribution < 1.29 is 0 Å². The summed E-state index contributed by atoms with van der Waals surface area (Å²) in [5.74, 6) is 0. The average molecular weight is 625 g/mol. The zero-order chi connectivity index (χ0) is 34.2. The monoisotopic (exact) mass is 624 g/mol. The molecule has 0 atom stereocenters. The molecule has 0 aliphatic heterocycles. The van der Waals surface area contributed by atoms with Crippen LogP contribution in [-0.2, 0) is 0 Å². The molecule has 0 saturated heterocycles. The van der Waals surface area contributed by atoms with Gasteiger partial charge in [-0.05, 0) is 126 Å². The van der Waals surface area contributed by atoms with Gasteiger partial charge in [0.15, 0.2) is 0 Å². The summed E-state index contributed by atoms with van der Waals surface area (Å²) in [5, 5.41) is 10.9. The Labute approximate surface area is 287 Å². The minimum atomic E-state index is 1.33. The molecule has 0 spiro atoms. The standard InChI is InChI=1S/4C12H12/c1-9-3-5-12-8-10(2)4-6-11(12)7-9;1-9-5-3-8-12-10(2)6-4-7-11(9)12;1-9-7-10(2)12-6-4-3-5-11(12)8-9;1-9-7-8-10(2)12-6-4-3-5-11(9)12/h4*3-8H,1-2H3. The van der Waals surface area contributed by atoms with Gasteiger partial charge in [-0.3, -0.25) is 0 Å². The second kappa shape index (κ2) is 15.6. The maximum atomic E-state index is 2.22. The number of hydrogen-bond acceptors (Lipinski definition) is 0. The van der Waals surface area contributed by atoms with Crippen molar-refractivity contribution in [2.75, 3.05) is 0 Å². The number of rotatable bonds is 0. The van der Waals surface area contributed by atoms with Crippen molar-refractivity contribution in [1.29, 1.82) is 0 Å². The Kier molecular flexibility index (Phi) is 11.1. The largest absolute Gasteiger partial charge is 0.0616 e. The van der Waals surface area contributed by atoms with Crippen LogP contribution in [-0.4, -0.2) is 0 Å². The average Bonchev–Trinajstić information content (AvgIpc) is 3.08. The van der Waals surface area contributed by atoms with Crippen molar-refractivity contribution in [2.45, 2.75) is 55.4 Å². The Morgan fingerprint density at radius 3 is 1.08 bits per heavy atom. The van der Waals surface area contributed by atoms with Gasteiger partial charge in [-0.1, -0.05) is 162 Å². The molecule has 48 heavy (non-hydrogen) atoms. The fourth-order valence-electron chi connectivity index (χ4n) is 6.40. The van der Waals surface area contributed by atoms with Crippen molar-refractivity contribution in [2.24, 2.45) is 0 Å². The Bertz CT molecular complexity index is 2160. The number of benzene rings is 8. The highest BCUT2D eigenvalue weighted by Crippen LogP contribution is 2.23. The zero-order valence-corrected chi connectivity index (χ0v) is 29.9. The van der Waals surface area contributed by atoms with Gasteiger partial charge in [-0.15, -0.1) is 0 Å². The Morgan fingerprint density at radius 1 is 0.229 bits per heavy atom. The van der Waals surface area contributed by atoms with Crippen LogP contribution in [0.5, 0.6) is 0 Å². The highest BCUT2D eigenvalue weighted by Gasteiger charge is 1.99. The van der Waals surface area contributed by atoms with E-state index in [2.05, 4.69) is 201 Å². The molecule has 0 N–H and O–H groups in total. The summed E-state index contributed by atoms with van der Waals surface area (Å²) in [4.78, 5) is 0. The maximum absolute atomic E-state index is 2.22. The van der Waals surface area contributed by atoms with E-state index in [1.807, 2.05) is 0 Å². The van der Waals surface area contributed by atoms with Crippen molar-refractivity contribution in [1.82, 2.24) is 0 Å². The van der Waals surface area contributed by atoms with Crippen LogP contribution in [0.2, 0.25) is 0 Å². The third-order valence-electron chi connectivity index (χ3n) is 9.08. The lowest BCUT2D eigenvalue weighted by molar-refractivity contribution is 1.43. The fourth-order valence-corrected chi connectivity index (χ4v) is 6.40. The molecule has 0 saturated carbocycles. The van der Waals surface area contributed by atoms with E-state index in [0.29, 0.717) is 0 Å². The summed E-state index contributed by atoms with van der Waals surface area (Å²) in [6, 6.07) is 51.8. The number of hydrogen-bond donors (Lipinski definition) is 0. The quantitative estimate of drug-likeness (QED) is 0.157. The lowest BCUT2D eigenvalue weighted by Crippen LogP contribution is -1.80. The summed E-state index contributed by atoms with van der Waals surface area (Å²) in [6.07, 6.45) is 0. The number of aryl methyl sites for hydroxylation is 8. The first-order valence-corrected chi connectivity index (χ1v) is 16.9. The summed E-state index contributed by atoms with van der Waals surface area (Å²) < 4.78 is 0. The van der Waals surface area contributed by atoms with E-state index in [0.717, 1.165) is 0 Å². The van der Waals surface area contributed by atoms with Crippen LogP contribution in [0.3, 0.4) is 0 Å². The smallest absolute Gasteiger partial charge is 0.0152 e. The van der Waals surface area contributed by atoms with Crippen LogP contribution >= 0.6 is 0 Å². The Balaban J connectivity index is 0.000000125. The van der Waals surface area contributed by atoms with Gasteiger partial charge in [-0.2, -0.15) is 0 Å². The molecule has 8 aromatic carbocycles. The van der Waals surface area contributed by atoms with Gasteiger partial charge >= 0.3 is 0 Å². The molecule has 0 aliphatic rings. The van der Waals surface area contributed by atoms with Gasteiger partial charge in [0.05, 0.1) is 0 Å². The lowest BCUT2D eigenvalue weighted by atomic mass is 10.0. The second-order valence-corrected chi connectivity index (χ2v) is 13.1. The first-order chi connectivity index (χ1) is 23.1. The van der Waals surface area contributed by atoms with Gasteiger partial charge in [0.1, 0.15) is 0 Å². The number of fused-ring (bicyclic) bond motifs is 4. The zero-order valence-electron chi connectivity index (χ0n) is 29.9. The lowest BCUT2D eigenvalue weighted by Gasteiger charge is -2.03. The summed E-state index contributed by atoms with van der Waals surface area (Å²) in [5.41, 5.74) is 10.8. The van der Waals surface area contributed by atoms with Crippen molar-refractivity contribution in [3.05, 3.63) is 190 Å². The van der Waals surface area contributed by atoms with Gasteiger partial charge < -0.3 is 0 Å². The van der Waals surface area contributed by atoms with Crippen molar-refractivity contribution in [3.8, 4) is 0 Å². The van der Waals surface area contributed by atoms with Gasteiger partial charge in [0, 0.05) is 0 Å². The molecular formula is C48H48. The SMILES string of the molecule is Cc1cc(C)c2ccccc2c1.Cc1ccc(C)c2ccccc12.Cc1ccc2cc(C)ccc2c1.Cc1cccc2c(C)cccc12.